The SMILES string of the molecule is c1ccc(-c2nc(-c3c(-n4c5ccccc5c5cc6ccccc6cc54)c4ccccc4c4c3oc3ccccc34)nc(-c3cccc4sc5ccccc5c34)n2)cc1. The Morgan fingerprint density at radius 3 is 1.93 bits per heavy atom. The number of furan rings is 1. The molecular weight excluding hydrogens is 741 g/mol. The van der Waals surface area contributed by atoms with E-state index in [0.717, 1.165) is 71.5 Å². The molecule has 13 aromatic rings. The largest absolute Gasteiger partial charge is 0.455 e. The van der Waals surface area contributed by atoms with Crippen LogP contribution in [0.2, 0.25) is 0 Å². The Morgan fingerprint density at radius 1 is 0.424 bits per heavy atom. The summed E-state index contributed by atoms with van der Waals surface area (Å²) in [5.41, 5.74) is 7.38. The summed E-state index contributed by atoms with van der Waals surface area (Å²) < 4.78 is 11.9. The van der Waals surface area contributed by atoms with E-state index in [2.05, 4.69) is 162 Å². The number of aromatic nitrogens is 4. The first-order valence-electron chi connectivity index (χ1n) is 19.8. The maximum atomic E-state index is 7.07. The minimum absolute atomic E-state index is 0.543. The smallest absolute Gasteiger partial charge is 0.170 e. The van der Waals surface area contributed by atoms with Gasteiger partial charge < -0.3 is 8.98 Å². The number of nitrogens with zero attached hydrogens (tertiary/aromatic N) is 4. The third-order valence-corrected chi connectivity index (χ3v) is 12.9. The van der Waals surface area contributed by atoms with Gasteiger partial charge in [-0.05, 0) is 52.6 Å². The molecule has 0 N–H and O–H groups in total. The van der Waals surface area contributed by atoms with Crippen LogP contribution in [0, 0.1) is 0 Å². The molecule has 0 radical (unpaired) electrons. The Hall–Kier alpha value is -7.67. The average molecular weight is 771 g/mol. The molecule has 0 amide bonds. The Kier molecular flexibility index (Phi) is 6.82. The molecular formula is C53H30N4OS. The van der Waals surface area contributed by atoms with Crippen molar-refractivity contribution in [2.24, 2.45) is 0 Å². The maximum Gasteiger partial charge on any atom is 0.170 e. The summed E-state index contributed by atoms with van der Waals surface area (Å²) in [6, 6.07) is 64.2. The van der Waals surface area contributed by atoms with Gasteiger partial charge in [0.1, 0.15) is 11.2 Å². The van der Waals surface area contributed by atoms with Crippen molar-refractivity contribution >= 4 is 96.8 Å². The minimum atomic E-state index is 0.543. The second-order valence-electron chi connectivity index (χ2n) is 15.1. The lowest BCUT2D eigenvalue weighted by Crippen LogP contribution is -2.05. The zero-order chi connectivity index (χ0) is 38.6. The molecule has 0 aliphatic rings. The molecule has 0 saturated carbocycles. The summed E-state index contributed by atoms with van der Waals surface area (Å²) in [7, 11) is 0. The van der Waals surface area contributed by atoms with Crippen LogP contribution < -0.4 is 0 Å². The van der Waals surface area contributed by atoms with Crippen molar-refractivity contribution in [2.45, 2.75) is 0 Å². The van der Waals surface area contributed by atoms with Crippen LogP contribution in [0.1, 0.15) is 0 Å². The van der Waals surface area contributed by atoms with Gasteiger partial charge in [-0.1, -0.05) is 146 Å². The second kappa shape index (κ2) is 12.4. The van der Waals surface area contributed by atoms with Gasteiger partial charge in [-0.25, -0.2) is 15.0 Å². The number of hydrogen-bond acceptors (Lipinski definition) is 5. The van der Waals surface area contributed by atoms with Crippen molar-refractivity contribution in [1.29, 1.82) is 0 Å². The highest BCUT2D eigenvalue weighted by atomic mass is 32.1. The van der Waals surface area contributed by atoms with E-state index in [1.54, 1.807) is 11.3 Å². The van der Waals surface area contributed by atoms with Crippen LogP contribution in [0.15, 0.2) is 186 Å². The van der Waals surface area contributed by atoms with E-state index in [4.69, 9.17) is 19.4 Å². The molecule has 0 fully saturated rings. The molecule has 0 atom stereocenters. The van der Waals surface area contributed by atoms with Gasteiger partial charge in [-0.15, -0.1) is 11.3 Å². The van der Waals surface area contributed by atoms with Gasteiger partial charge in [0, 0.05) is 58.2 Å². The van der Waals surface area contributed by atoms with E-state index in [9.17, 15) is 0 Å². The van der Waals surface area contributed by atoms with Crippen molar-refractivity contribution in [3.63, 3.8) is 0 Å². The van der Waals surface area contributed by atoms with Crippen LogP contribution in [-0.2, 0) is 0 Å². The first-order valence-corrected chi connectivity index (χ1v) is 20.6. The molecule has 0 bridgehead atoms. The van der Waals surface area contributed by atoms with Crippen LogP contribution in [0.25, 0.3) is 125 Å². The highest BCUT2D eigenvalue weighted by molar-refractivity contribution is 7.25. The first-order chi connectivity index (χ1) is 29.3. The number of benzene rings is 9. The molecule has 5 nitrogen and oxygen atoms in total. The fourth-order valence-electron chi connectivity index (χ4n) is 9.26. The summed E-state index contributed by atoms with van der Waals surface area (Å²) in [6.45, 7) is 0. The molecule has 13 rings (SSSR count). The molecule has 0 saturated heterocycles. The molecule has 4 heterocycles. The van der Waals surface area contributed by atoms with Crippen molar-refractivity contribution in [1.82, 2.24) is 19.5 Å². The van der Waals surface area contributed by atoms with Gasteiger partial charge in [-0.3, -0.25) is 0 Å². The molecule has 0 unspecified atom stereocenters. The lowest BCUT2D eigenvalue weighted by atomic mass is 9.96. The summed E-state index contributed by atoms with van der Waals surface area (Å²) in [4.78, 5) is 16.3. The Morgan fingerprint density at radius 2 is 1.07 bits per heavy atom. The van der Waals surface area contributed by atoms with Crippen LogP contribution >= 0.6 is 11.3 Å². The topological polar surface area (TPSA) is 56.7 Å². The monoisotopic (exact) mass is 770 g/mol. The second-order valence-corrected chi connectivity index (χ2v) is 16.2. The normalized spacial score (nSPS) is 12.1. The van der Waals surface area contributed by atoms with Gasteiger partial charge in [-0.2, -0.15) is 0 Å². The zero-order valence-corrected chi connectivity index (χ0v) is 32.2. The lowest BCUT2D eigenvalue weighted by Gasteiger charge is -2.18. The van der Waals surface area contributed by atoms with Gasteiger partial charge in [0.05, 0.1) is 22.3 Å². The third-order valence-electron chi connectivity index (χ3n) is 11.8. The summed E-state index contributed by atoms with van der Waals surface area (Å²) >= 11 is 1.79. The Balaban J connectivity index is 1.24. The highest BCUT2D eigenvalue weighted by Gasteiger charge is 2.28. The average Bonchev–Trinajstić information content (AvgIpc) is 3.98. The van der Waals surface area contributed by atoms with E-state index >= 15 is 0 Å². The quantitative estimate of drug-likeness (QED) is 0.179. The van der Waals surface area contributed by atoms with Gasteiger partial charge in [0.15, 0.2) is 17.5 Å². The minimum Gasteiger partial charge on any atom is -0.455 e. The first kappa shape index (κ1) is 32.4. The Labute approximate surface area is 341 Å². The molecule has 0 spiro atoms. The highest BCUT2D eigenvalue weighted by Crippen LogP contribution is 2.48. The molecule has 4 aromatic heterocycles. The molecule has 0 aliphatic carbocycles. The van der Waals surface area contributed by atoms with E-state index in [1.807, 2.05) is 24.3 Å². The van der Waals surface area contributed by atoms with Crippen LogP contribution in [0.3, 0.4) is 0 Å². The molecule has 274 valence electrons. The van der Waals surface area contributed by atoms with E-state index in [0.29, 0.717) is 17.5 Å². The number of fused-ring (bicyclic) bond motifs is 12. The van der Waals surface area contributed by atoms with E-state index in [1.165, 1.54) is 36.3 Å². The van der Waals surface area contributed by atoms with Gasteiger partial charge in [0.2, 0.25) is 0 Å². The van der Waals surface area contributed by atoms with Crippen molar-refractivity contribution in [2.75, 3.05) is 0 Å². The number of para-hydroxylation sites is 2. The van der Waals surface area contributed by atoms with Crippen molar-refractivity contribution in [3.05, 3.63) is 182 Å². The van der Waals surface area contributed by atoms with Gasteiger partial charge in [0.25, 0.3) is 0 Å². The molecule has 6 heteroatoms. The molecule has 59 heavy (non-hydrogen) atoms. The van der Waals surface area contributed by atoms with E-state index in [-0.39, 0.29) is 0 Å². The maximum absolute atomic E-state index is 7.07. The Bertz CT molecular complexity index is 3860. The molecule has 9 aromatic carbocycles. The summed E-state index contributed by atoms with van der Waals surface area (Å²) in [5, 5.41) is 11.3. The summed E-state index contributed by atoms with van der Waals surface area (Å²) in [5.74, 6) is 1.75. The van der Waals surface area contributed by atoms with E-state index < -0.39 is 0 Å². The van der Waals surface area contributed by atoms with Crippen LogP contribution in [0.4, 0.5) is 0 Å². The van der Waals surface area contributed by atoms with Crippen LogP contribution in [-0.4, -0.2) is 19.5 Å². The number of thiophene rings is 1. The fourth-order valence-corrected chi connectivity index (χ4v) is 10.4. The number of rotatable bonds is 4. The standard InChI is InChI=1S/C53H30N4OS/c1-2-15-31(16-3-1)51-54-52(39-24-14-28-45-46(39)38-23-10-13-27-44(38)59-45)56-53(55-51)48-49(36-21-7-6-20-35(36)47-37-22-9-12-26-43(37)58-50(47)48)57-41-25-11-8-19-34(41)40-29-32-17-4-5-18-33(32)30-42(40)57/h1-30H. The fraction of sp³-hybridized carbons (Fsp3) is 0. The zero-order valence-electron chi connectivity index (χ0n) is 31.4. The predicted octanol–water partition coefficient (Wildman–Crippen LogP) is 14.5. The lowest BCUT2D eigenvalue weighted by molar-refractivity contribution is 0.669. The third kappa shape index (κ3) is 4.75. The number of hydrogen-bond donors (Lipinski definition) is 0. The predicted molar refractivity (Wildman–Crippen MR) is 246 cm³/mol. The van der Waals surface area contributed by atoms with Crippen molar-refractivity contribution < 1.29 is 4.42 Å². The van der Waals surface area contributed by atoms with Crippen LogP contribution in [0.5, 0.6) is 0 Å². The molecule has 0 aliphatic heterocycles. The summed E-state index contributed by atoms with van der Waals surface area (Å²) in [6.07, 6.45) is 0. The van der Waals surface area contributed by atoms with Gasteiger partial charge >= 0.3 is 0 Å². The van der Waals surface area contributed by atoms with Crippen molar-refractivity contribution in [3.8, 4) is 39.9 Å².